The number of rotatable bonds is 4. The van der Waals surface area contributed by atoms with Crippen molar-refractivity contribution in [2.75, 3.05) is 0 Å². The molecule has 0 atom stereocenters. The van der Waals surface area contributed by atoms with Crippen LogP contribution in [0.5, 0.6) is 0 Å². The maximum Gasteiger partial charge on any atom is 0.297 e. The normalized spacial score (nSPS) is 12.1. The summed E-state index contributed by atoms with van der Waals surface area (Å²) in [7, 11) is 8.68. The molecule has 0 fully saturated rings. The molecule has 12 heterocycles. The first-order valence-corrected chi connectivity index (χ1v) is 43.8. The predicted octanol–water partition coefficient (Wildman–Crippen LogP) is 25.4. The molecular formula is C113H106N12+4. The Labute approximate surface area is 728 Å². The molecule has 0 aliphatic heterocycles. The molecule has 0 saturated heterocycles. The molecule has 0 amide bonds. The van der Waals surface area contributed by atoms with Gasteiger partial charge in [0.1, 0.15) is 22.1 Å². The van der Waals surface area contributed by atoms with Crippen LogP contribution in [0.4, 0.5) is 0 Å². The van der Waals surface area contributed by atoms with Crippen molar-refractivity contribution in [1.29, 1.82) is 0 Å². The van der Waals surface area contributed by atoms with Crippen molar-refractivity contribution < 1.29 is 18.1 Å². The van der Waals surface area contributed by atoms with E-state index in [2.05, 4.69) is 430 Å². The second-order valence-electron chi connectivity index (χ2n) is 36.6. The van der Waals surface area contributed by atoms with Crippen molar-refractivity contribution in [3.05, 3.63) is 333 Å². The molecule has 12 aromatic heterocycles. The minimum absolute atomic E-state index is 0.267. The lowest BCUT2D eigenvalue weighted by Crippen LogP contribution is -2.27. The molecule has 12 nitrogen and oxygen atoms in total. The monoisotopic (exact) mass is 1630 g/mol. The summed E-state index contributed by atoms with van der Waals surface area (Å²) in [6, 6.07) is 90.5. The lowest BCUT2D eigenvalue weighted by molar-refractivity contribution is -0.617. The number of para-hydroxylation sites is 6. The lowest BCUT2D eigenvalue weighted by atomic mass is 9.88. The van der Waals surface area contributed by atoms with Gasteiger partial charge in [0.25, 0.3) is 22.6 Å². The summed E-state index contributed by atoms with van der Waals surface area (Å²) in [6.45, 7) is 37.2. The standard InChI is InChI=1S/3C29H26N3.C26H28N3/c1-17-9-8-10-18(2)26(17)21-13-14-23-22(16-21)28-27(19(3)15-20(4)30-28)29-31(5)24-11-6-7-12-25(24)32(23)29;1-17-9-8-10-18(2)26(17)21-13-14-22-25(16-21)32-24-12-7-6-11-23(24)31(5)29(32)27-19(3)15-20(4)30-28(22)27;1-17-9-8-10-18(2)26(17)21-13-14-24-25(16-21)32-23-12-7-6-11-22(23)28-27(29(32)31(24)5)19(3)15-20(4)30-28;1-16-13-17(2)27-24-19-9-7-8-10-20(19)29-21-12-11-18(15-26(3,4)5)14-22(21)28(6)25(29)23(16)24/h3*6-16H,1-5H3;7-14H,15H2,1-6H3/q4*+1. The molecule has 614 valence electrons. The van der Waals surface area contributed by atoms with Crippen LogP contribution in [0.2, 0.25) is 0 Å². The highest BCUT2D eigenvalue weighted by atomic mass is 15.1. The molecule has 0 unspecified atom stereocenters. The average Bonchev–Trinajstić information content (AvgIpc) is 1.59. The fourth-order valence-corrected chi connectivity index (χ4v) is 21.3. The van der Waals surface area contributed by atoms with Crippen LogP contribution >= 0.6 is 0 Å². The Morgan fingerprint density at radius 1 is 0.264 bits per heavy atom. The van der Waals surface area contributed by atoms with Crippen LogP contribution in [-0.4, -0.2) is 37.7 Å². The van der Waals surface area contributed by atoms with E-state index < -0.39 is 0 Å². The van der Waals surface area contributed by atoms with Crippen molar-refractivity contribution in [3.8, 4) is 33.4 Å². The number of nitrogens with zero attached hydrogens (tertiary/aromatic N) is 12. The first kappa shape index (κ1) is 79.4. The highest BCUT2D eigenvalue weighted by Gasteiger charge is 2.32. The van der Waals surface area contributed by atoms with Crippen molar-refractivity contribution in [2.24, 2.45) is 33.6 Å². The summed E-state index contributed by atoms with van der Waals surface area (Å²) in [5, 5.41) is 9.69. The van der Waals surface area contributed by atoms with E-state index in [0.717, 1.165) is 51.3 Å². The summed E-state index contributed by atoms with van der Waals surface area (Å²) in [4.78, 5) is 20.1. The van der Waals surface area contributed by atoms with Gasteiger partial charge in [-0.15, -0.1) is 0 Å². The van der Waals surface area contributed by atoms with Gasteiger partial charge in [0, 0.05) is 44.3 Å². The van der Waals surface area contributed by atoms with Gasteiger partial charge in [-0.2, -0.15) is 17.6 Å². The molecule has 11 aromatic carbocycles. The lowest BCUT2D eigenvalue weighted by Gasteiger charge is -2.17. The molecule has 12 heteroatoms. The molecule has 23 aromatic rings. The smallest absolute Gasteiger partial charge is 0.252 e. The average molecular weight is 1630 g/mol. The number of imidazole rings is 4. The minimum atomic E-state index is 0.267. The molecular weight excluding hydrogens is 1530 g/mol. The Kier molecular flexibility index (Phi) is 19.0. The van der Waals surface area contributed by atoms with Gasteiger partial charge >= 0.3 is 0 Å². The van der Waals surface area contributed by atoms with Crippen LogP contribution in [0.3, 0.4) is 0 Å². The first-order valence-electron chi connectivity index (χ1n) is 43.8. The maximum atomic E-state index is 5.08. The van der Waals surface area contributed by atoms with Crippen molar-refractivity contribution in [3.63, 3.8) is 0 Å². The molecule has 0 spiro atoms. The van der Waals surface area contributed by atoms with Crippen LogP contribution in [0.1, 0.15) is 105 Å². The van der Waals surface area contributed by atoms with Gasteiger partial charge in [-0.3, -0.25) is 19.9 Å². The maximum absolute atomic E-state index is 5.08. The second kappa shape index (κ2) is 29.9. The van der Waals surface area contributed by atoms with E-state index in [1.54, 1.807) is 0 Å². The minimum Gasteiger partial charge on any atom is -0.252 e. The Bertz CT molecular complexity index is 8510. The summed E-state index contributed by atoms with van der Waals surface area (Å²) >= 11 is 0. The van der Waals surface area contributed by atoms with Crippen LogP contribution in [0, 0.1) is 102 Å². The van der Waals surface area contributed by atoms with Gasteiger partial charge in [-0.25, -0.2) is 18.3 Å². The Morgan fingerprint density at radius 2 is 0.608 bits per heavy atom. The molecule has 0 saturated carbocycles. The van der Waals surface area contributed by atoms with Gasteiger partial charge < -0.3 is 0 Å². The number of pyridine rings is 8. The molecule has 125 heavy (non-hydrogen) atoms. The number of hydrogen-bond acceptors (Lipinski definition) is 4. The summed E-state index contributed by atoms with van der Waals surface area (Å²) in [5.41, 5.74) is 50.2. The summed E-state index contributed by atoms with van der Waals surface area (Å²) in [5.74, 6) is 0. The van der Waals surface area contributed by atoms with E-state index in [1.165, 1.54) is 226 Å². The van der Waals surface area contributed by atoms with E-state index in [9.17, 15) is 0 Å². The van der Waals surface area contributed by atoms with E-state index >= 15 is 0 Å². The zero-order valence-electron chi connectivity index (χ0n) is 75.7. The van der Waals surface area contributed by atoms with Crippen LogP contribution in [0.15, 0.2) is 249 Å². The summed E-state index contributed by atoms with van der Waals surface area (Å²) in [6.07, 6.45) is 1.07. The third-order valence-electron chi connectivity index (χ3n) is 26.4. The fourth-order valence-electron chi connectivity index (χ4n) is 21.3. The predicted molar refractivity (Wildman–Crippen MR) is 521 cm³/mol. The Balaban J connectivity index is 0.000000105. The molecule has 0 N–H and O–H groups in total. The molecule has 23 rings (SSSR count). The first-order chi connectivity index (χ1) is 60.1. The molecule has 0 aliphatic rings. The second-order valence-corrected chi connectivity index (χ2v) is 36.6. The van der Waals surface area contributed by atoms with Crippen molar-refractivity contribution >= 4 is 154 Å². The zero-order chi connectivity index (χ0) is 86.9. The van der Waals surface area contributed by atoms with Gasteiger partial charge in [-0.1, -0.05) is 142 Å². The zero-order valence-corrected chi connectivity index (χ0v) is 75.7. The number of benzene rings is 11. The van der Waals surface area contributed by atoms with Gasteiger partial charge in [0.15, 0.2) is 44.1 Å². The largest absolute Gasteiger partial charge is 0.297 e. The molecule has 0 radical (unpaired) electrons. The van der Waals surface area contributed by atoms with Gasteiger partial charge in [-0.05, 0) is 331 Å². The third kappa shape index (κ3) is 12.7. The number of hydrogen-bond donors (Lipinski definition) is 0. The number of aryl methyl sites for hydroxylation is 18. The summed E-state index contributed by atoms with van der Waals surface area (Å²) < 4.78 is 19.0. The highest BCUT2D eigenvalue weighted by Crippen LogP contribution is 2.42. The van der Waals surface area contributed by atoms with Gasteiger partial charge in [0.2, 0.25) is 0 Å². The number of fused-ring (bicyclic) bond motifs is 32. The van der Waals surface area contributed by atoms with E-state index in [4.69, 9.17) is 19.9 Å². The van der Waals surface area contributed by atoms with E-state index in [-0.39, 0.29) is 5.41 Å². The highest BCUT2D eigenvalue weighted by molar-refractivity contribution is 6.16. The van der Waals surface area contributed by atoms with E-state index in [0.29, 0.717) is 0 Å². The molecule has 0 bridgehead atoms. The fraction of sp³-hybridized carbons (Fsp3) is 0.204. The van der Waals surface area contributed by atoms with Gasteiger partial charge in [0.05, 0.1) is 71.8 Å². The Hall–Kier alpha value is -14.1. The van der Waals surface area contributed by atoms with E-state index in [1.807, 2.05) is 0 Å². The quantitative estimate of drug-likeness (QED) is 0.130. The van der Waals surface area contributed by atoms with Crippen LogP contribution < -0.4 is 18.1 Å². The van der Waals surface area contributed by atoms with Crippen LogP contribution in [0.25, 0.3) is 187 Å². The number of aromatic nitrogens is 12. The van der Waals surface area contributed by atoms with Crippen molar-refractivity contribution in [1.82, 2.24) is 37.7 Å². The van der Waals surface area contributed by atoms with Crippen LogP contribution in [-0.2, 0) is 34.6 Å². The van der Waals surface area contributed by atoms with Crippen molar-refractivity contribution in [2.45, 2.75) is 124 Å². The Morgan fingerprint density at radius 3 is 1.09 bits per heavy atom. The SMILES string of the molecule is Cc1cc(C)c2c(n1)c1cc(-c3c(C)cccc3C)ccc1n1c3ccccc3[n+](C)c21.Cc1cc(C)c2c(n1)c1ccc(-c3c(C)cccc3C)cc1n1c3ccccc3[n+](C)c21.Cc1cc(C)c2c(n1)c1ccccc1[n+]1c3ccc(CC(C)(C)C)cc3n(C)c21.Cc1cc(C)c2c(n1)c1ccccc1n1c3cc(-c4c(C)cccc4C)ccc3[n+](C)c21. The topological polar surface area (TPSA) is 85.5 Å². The third-order valence-corrected chi connectivity index (χ3v) is 26.4. The molecule has 0 aliphatic carbocycles.